The van der Waals surface area contributed by atoms with Gasteiger partial charge in [-0.1, -0.05) is 12.5 Å². The minimum absolute atomic E-state index is 0.0744. The van der Waals surface area contributed by atoms with Gasteiger partial charge in [0.05, 0.1) is 5.41 Å². The van der Waals surface area contributed by atoms with Crippen LogP contribution in [0.25, 0.3) is 0 Å². The molecule has 3 rings (SSSR count). The van der Waals surface area contributed by atoms with Crippen molar-refractivity contribution in [2.45, 2.75) is 51.5 Å². The van der Waals surface area contributed by atoms with Crippen LogP contribution < -0.4 is 5.32 Å². The average molecular weight is 345 g/mol. The minimum atomic E-state index is -0.741. The first kappa shape index (κ1) is 17.7. The lowest BCUT2D eigenvalue weighted by molar-refractivity contribution is -0.149. The summed E-state index contributed by atoms with van der Waals surface area (Å²) in [5, 5.41) is 12.6. The number of carboxylic acids is 1. The quantitative estimate of drug-likeness (QED) is 0.830. The monoisotopic (exact) mass is 345 g/mol. The van der Waals surface area contributed by atoms with Crippen LogP contribution in [0.3, 0.4) is 0 Å². The van der Waals surface area contributed by atoms with E-state index in [2.05, 4.69) is 16.4 Å². The van der Waals surface area contributed by atoms with E-state index in [1.165, 1.54) is 5.56 Å². The number of likely N-dealkylation sites (tertiary alicyclic amines) is 1. The van der Waals surface area contributed by atoms with Crippen molar-refractivity contribution in [2.24, 2.45) is 11.3 Å². The fourth-order valence-electron chi connectivity index (χ4n) is 4.33. The van der Waals surface area contributed by atoms with Crippen molar-refractivity contribution < 1.29 is 14.7 Å². The number of hydrogen-bond donors (Lipinski definition) is 2. The Morgan fingerprint density at radius 3 is 3.04 bits per heavy atom. The highest BCUT2D eigenvalue weighted by atomic mass is 16.4. The van der Waals surface area contributed by atoms with E-state index in [0.717, 1.165) is 32.1 Å². The van der Waals surface area contributed by atoms with Gasteiger partial charge in [-0.05, 0) is 56.6 Å². The molecule has 25 heavy (non-hydrogen) atoms. The van der Waals surface area contributed by atoms with Crippen molar-refractivity contribution in [1.29, 1.82) is 0 Å². The molecular weight excluding hydrogens is 318 g/mol. The van der Waals surface area contributed by atoms with E-state index in [0.29, 0.717) is 19.5 Å². The molecular formula is C19H27N3O3. The Bertz CT molecular complexity index is 622. The molecule has 1 aliphatic carbocycles. The summed E-state index contributed by atoms with van der Waals surface area (Å²) in [4.78, 5) is 30.0. The van der Waals surface area contributed by atoms with Crippen LogP contribution in [0.4, 0.5) is 4.79 Å². The van der Waals surface area contributed by atoms with Crippen molar-refractivity contribution in [3.05, 3.63) is 30.1 Å². The van der Waals surface area contributed by atoms with Crippen LogP contribution in [0, 0.1) is 11.3 Å². The van der Waals surface area contributed by atoms with Crippen LogP contribution in [-0.4, -0.2) is 46.1 Å². The van der Waals surface area contributed by atoms with Crippen molar-refractivity contribution in [3.8, 4) is 0 Å². The molecule has 0 spiro atoms. The Balaban J connectivity index is 1.45. The highest BCUT2D eigenvalue weighted by Crippen LogP contribution is 2.48. The second kappa shape index (κ2) is 7.42. The zero-order valence-electron chi connectivity index (χ0n) is 14.8. The average Bonchev–Trinajstić information content (AvgIpc) is 3.14. The Morgan fingerprint density at radius 2 is 2.36 bits per heavy atom. The molecule has 136 valence electrons. The van der Waals surface area contributed by atoms with Crippen molar-refractivity contribution in [1.82, 2.24) is 15.2 Å². The zero-order valence-corrected chi connectivity index (χ0v) is 14.8. The minimum Gasteiger partial charge on any atom is -0.481 e. The van der Waals surface area contributed by atoms with Gasteiger partial charge in [-0.2, -0.15) is 0 Å². The summed E-state index contributed by atoms with van der Waals surface area (Å²) in [5.74, 6) is -0.633. The second-order valence-electron chi connectivity index (χ2n) is 7.54. The van der Waals surface area contributed by atoms with Crippen molar-refractivity contribution in [3.63, 3.8) is 0 Å². The van der Waals surface area contributed by atoms with E-state index in [4.69, 9.17) is 0 Å². The molecule has 3 atom stereocenters. The highest BCUT2D eigenvalue weighted by molar-refractivity contribution is 5.80. The van der Waals surface area contributed by atoms with Crippen LogP contribution in [0.2, 0.25) is 0 Å². The van der Waals surface area contributed by atoms with Crippen molar-refractivity contribution in [2.75, 3.05) is 13.1 Å². The second-order valence-corrected chi connectivity index (χ2v) is 7.54. The molecule has 2 heterocycles. The third-order valence-electron chi connectivity index (χ3n) is 5.78. The Morgan fingerprint density at radius 1 is 1.52 bits per heavy atom. The molecule has 0 radical (unpaired) electrons. The summed E-state index contributed by atoms with van der Waals surface area (Å²) in [6.07, 6.45) is 9.02. The number of aliphatic carboxylic acids is 1. The summed E-state index contributed by atoms with van der Waals surface area (Å²) in [5.41, 5.74) is 0.498. The van der Waals surface area contributed by atoms with Gasteiger partial charge in [-0.15, -0.1) is 0 Å². The number of rotatable bonds is 6. The number of hydrogen-bond acceptors (Lipinski definition) is 3. The van der Waals surface area contributed by atoms with Crippen LogP contribution >= 0.6 is 0 Å². The third kappa shape index (κ3) is 3.78. The fraction of sp³-hybridized carbons (Fsp3) is 0.632. The number of amides is 2. The zero-order chi connectivity index (χ0) is 17.9. The van der Waals surface area contributed by atoms with Gasteiger partial charge in [0.25, 0.3) is 0 Å². The molecule has 1 aliphatic heterocycles. The summed E-state index contributed by atoms with van der Waals surface area (Å²) in [7, 11) is 0. The number of nitrogens with one attached hydrogen (secondary N) is 1. The normalized spacial score (nSPS) is 26.3. The molecule has 2 N–H and O–H groups in total. The van der Waals surface area contributed by atoms with Gasteiger partial charge in [0, 0.05) is 31.5 Å². The first-order valence-corrected chi connectivity index (χ1v) is 9.19. The maximum atomic E-state index is 12.5. The summed E-state index contributed by atoms with van der Waals surface area (Å²) < 4.78 is 0. The predicted molar refractivity (Wildman–Crippen MR) is 94.2 cm³/mol. The SMILES string of the molecule is CC(CCCc1cccnc1)NC(=O)N1C[C@@H]2CCC[C@@]2(C(=O)O)C1. The number of pyridine rings is 1. The fourth-order valence-corrected chi connectivity index (χ4v) is 4.33. The lowest BCUT2D eigenvalue weighted by Crippen LogP contribution is -2.44. The van der Waals surface area contributed by atoms with E-state index in [-0.39, 0.29) is 18.0 Å². The predicted octanol–water partition coefficient (Wildman–Crippen LogP) is 2.69. The number of nitrogens with zero attached hydrogens (tertiary/aromatic N) is 2. The van der Waals surface area contributed by atoms with Gasteiger partial charge < -0.3 is 15.3 Å². The van der Waals surface area contributed by atoms with Crippen molar-refractivity contribution >= 4 is 12.0 Å². The maximum Gasteiger partial charge on any atom is 0.317 e. The van der Waals surface area contributed by atoms with Gasteiger partial charge in [0.1, 0.15) is 0 Å². The number of carboxylic acid groups (broad SMARTS) is 1. The summed E-state index contributed by atoms with van der Waals surface area (Å²) >= 11 is 0. The van der Waals surface area contributed by atoms with Crippen LogP contribution in [-0.2, 0) is 11.2 Å². The van der Waals surface area contributed by atoms with E-state index >= 15 is 0 Å². The number of aryl methyl sites for hydroxylation is 1. The number of urea groups is 1. The first-order valence-electron chi connectivity index (χ1n) is 9.19. The molecule has 1 aromatic heterocycles. The molecule has 6 heteroatoms. The standard InChI is InChI=1S/C19H27N3O3/c1-14(5-2-6-15-7-4-10-20-11-15)21-18(25)22-12-16-8-3-9-19(16,13-22)17(23)24/h4,7,10-11,14,16H,2-3,5-6,8-9,12-13H2,1H3,(H,21,25)(H,23,24)/t14?,16-,19+/m0/s1. The molecule has 2 amide bonds. The molecule has 6 nitrogen and oxygen atoms in total. The van der Waals surface area contributed by atoms with E-state index in [1.54, 1.807) is 11.1 Å². The number of aromatic nitrogens is 1. The Kier molecular flexibility index (Phi) is 5.25. The van der Waals surface area contributed by atoms with E-state index in [9.17, 15) is 14.7 Å². The lowest BCUT2D eigenvalue weighted by atomic mass is 9.81. The Labute approximate surface area is 148 Å². The lowest BCUT2D eigenvalue weighted by Gasteiger charge is -2.24. The third-order valence-corrected chi connectivity index (χ3v) is 5.78. The van der Waals surface area contributed by atoms with Crippen LogP contribution in [0.1, 0.15) is 44.6 Å². The molecule has 1 unspecified atom stereocenters. The molecule has 2 fully saturated rings. The van der Waals surface area contributed by atoms with Gasteiger partial charge in [0.2, 0.25) is 0 Å². The van der Waals surface area contributed by atoms with E-state index < -0.39 is 11.4 Å². The largest absolute Gasteiger partial charge is 0.481 e. The Hall–Kier alpha value is -2.11. The van der Waals surface area contributed by atoms with Gasteiger partial charge in [0.15, 0.2) is 0 Å². The summed E-state index contributed by atoms with van der Waals surface area (Å²) in [6, 6.07) is 3.95. The number of carbonyl (C=O) groups excluding carboxylic acids is 1. The molecule has 1 saturated heterocycles. The van der Waals surface area contributed by atoms with Gasteiger partial charge >= 0.3 is 12.0 Å². The van der Waals surface area contributed by atoms with Gasteiger partial charge in [-0.3, -0.25) is 9.78 Å². The molecule has 2 aliphatic rings. The van der Waals surface area contributed by atoms with Gasteiger partial charge in [-0.25, -0.2) is 4.79 Å². The topological polar surface area (TPSA) is 82.5 Å². The van der Waals surface area contributed by atoms with Crippen LogP contribution in [0.15, 0.2) is 24.5 Å². The molecule has 0 aromatic carbocycles. The number of fused-ring (bicyclic) bond motifs is 1. The highest BCUT2D eigenvalue weighted by Gasteiger charge is 2.55. The number of carbonyl (C=O) groups is 2. The summed E-state index contributed by atoms with van der Waals surface area (Å²) in [6.45, 7) is 2.92. The van der Waals surface area contributed by atoms with Crippen LogP contribution in [0.5, 0.6) is 0 Å². The smallest absolute Gasteiger partial charge is 0.317 e. The maximum absolute atomic E-state index is 12.5. The molecule has 1 saturated carbocycles. The van der Waals surface area contributed by atoms with E-state index in [1.807, 2.05) is 19.2 Å². The first-order chi connectivity index (χ1) is 12.0. The molecule has 0 bridgehead atoms. The molecule has 1 aromatic rings.